The Bertz CT molecular complexity index is 393. The van der Waals surface area contributed by atoms with Crippen molar-refractivity contribution in [2.24, 2.45) is 5.41 Å². The van der Waals surface area contributed by atoms with Crippen LogP contribution in [0.4, 0.5) is 5.69 Å². The van der Waals surface area contributed by atoms with Crippen LogP contribution in [-0.4, -0.2) is 19.5 Å². The van der Waals surface area contributed by atoms with Crippen molar-refractivity contribution >= 4 is 11.6 Å². The summed E-state index contributed by atoms with van der Waals surface area (Å²) >= 11 is 0. The number of benzene rings is 1. The molecule has 0 radical (unpaired) electrons. The highest BCUT2D eigenvalue weighted by Crippen LogP contribution is 2.47. The molecule has 0 atom stereocenters. The molecule has 0 spiro atoms. The molecule has 0 bridgehead atoms. The molecule has 0 unspecified atom stereocenters. The highest BCUT2D eigenvalue weighted by molar-refractivity contribution is 5.94. The molecule has 1 aromatic rings. The zero-order valence-corrected chi connectivity index (χ0v) is 10.5. The van der Waals surface area contributed by atoms with Gasteiger partial charge in [0, 0.05) is 24.8 Å². The Morgan fingerprint density at radius 3 is 2.41 bits per heavy atom. The van der Waals surface area contributed by atoms with Crippen molar-refractivity contribution < 1.29 is 4.79 Å². The van der Waals surface area contributed by atoms with Gasteiger partial charge in [0.15, 0.2) is 0 Å². The molecule has 1 amide bonds. The highest BCUT2D eigenvalue weighted by atomic mass is 16.1. The lowest BCUT2D eigenvalue weighted by Crippen LogP contribution is -2.29. The molecule has 92 valence electrons. The van der Waals surface area contributed by atoms with E-state index in [9.17, 15) is 4.79 Å². The van der Waals surface area contributed by atoms with Crippen LogP contribution in [-0.2, 0) is 0 Å². The maximum atomic E-state index is 11.9. The SMILES string of the molecule is CCC1(CNC(=O)c2ccc(NC)cc2)CC1. The molecule has 1 saturated carbocycles. The maximum absolute atomic E-state index is 11.9. The monoisotopic (exact) mass is 232 g/mol. The molecule has 0 heterocycles. The summed E-state index contributed by atoms with van der Waals surface area (Å²) in [6, 6.07) is 7.54. The fraction of sp³-hybridized carbons (Fsp3) is 0.500. The molecule has 2 rings (SSSR count). The minimum absolute atomic E-state index is 0.0346. The van der Waals surface area contributed by atoms with Crippen molar-refractivity contribution in [2.75, 3.05) is 18.9 Å². The van der Waals surface area contributed by atoms with Gasteiger partial charge < -0.3 is 10.6 Å². The number of carbonyl (C=O) groups is 1. The van der Waals surface area contributed by atoms with Gasteiger partial charge in [-0.3, -0.25) is 4.79 Å². The van der Waals surface area contributed by atoms with Crippen LogP contribution in [0, 0.1) is 5.41 Å². The molecule has 1 fully saturated rings. The van der Waals surface area contributed by atoms with Gasteiger partial charge in [-0.1, -0.05) is 6.92 Å². The van der Waals surface area contributed by atoms with Gasteiger partial charge >= 0.3 is 0 Å². The van der Waals surface area contributed by atoms with Crippen LogP contribution in [0.25, 0.3) is 0 Å². The molecule has 1 aliphatic rings. The van der Waals surface area contributed by atoms with Crippen molar-refractivity contribution in [2.45, 2.75) is 26.2 Å². The van der Waals surface area contributed by atoms with Crippen LogP contribution < -0.4 is 10.6 Å². The van der Waals surface area contributed by atoms with E-state index in [1.165, 1.54) is 12.8 Å². The summed E-state index contributed by atoms with van der Waals surface area (Å²) in [4.78, 5) is 11.9. The second-order valence-electron chi connectivity index (χ2n) is 4.86. The summed E-state index contributed by atoms with van der Waals surface area (Å²) < 4.78 is 0. The second-order valence-corrected chi connectivity index (χ2v) is 4.86. The fourth-order valence-electron chi connectivity index (χ4n) is 1.99. The van der Waals surface area contributed by atoms with Crippen LogP contribution in [0.1, 0.15) is 36.5 Å². The first-order chi connectivity index (χ1) is 8.19. The van der Waals surface area contributed by atoms with Gasteiger partial charge in [-0.25, -0.2) is 0 Å². The molecular weight excluding hydrogens is 212 g/mol. The van der Waals surface area contributed by atoms with Crippen LogP contribution in [0.3, 0.4) is 0 Å². The third-order valence-corrected chi connectivity index (χ3v) is 3.77. The third kappa shape index (κ3) is 2.78. The number of hydrogen-bond donors (Lipinski definition) is 2. The van der Waals surface area contributed by atoms with Crippen LogP contribution >= 0.6 is 0 Å². The summed E-state index contributed by atoms with van der Waals surface area (Å²) in [5.74, 6) is 0.0346. The molecule has 3 heteroatoms. The summed E-state index contributed by atoms with van der Waals surface area (Å²) in [6.07, 6.45) is 3.66. The van der Waals surface area contributed by atoms with Gasteiger partial charge in [-0.05, 0) is 48.9 Å². The highest BCUT2D eigenvalue weighted by Gasteiger charge is 2.40. The number of anilines is 1. The van der Waals surface area contributed by atoms with Crippen molar-refractivity contribution in [1.29, 1.82) is 0 Å². The van der Waals surface area contributed by atoms with Crippen molar-refractivity contribution in [3.05, 3.63) is 29.8 Å². The minimum atomic E-state index is 0.0346. The van der Waals surface area contributed by atoms with Crippen molar-refractivity contribution in [3.8, 4) is 0 Å². The lowest BCUT2D eigenvalue weighted by atomic mass is 10.0. The summed E-state index contributed by atoms with van der Waals surface area (Å²) in [5.41, 5.74) is 2.16. The first kappa shape index (κ1) is 12.0. The molecule has 17 heavy (non-hydrogen) atoms. The lowest BCUT2D eigenvalue weighted by molar-refractivity contribution is 0.0944. The Hall–Kier alpha value is -1.51. The zero-order valence-electron chi connectivity index (χ0n) is 10.5. The second kappa shape index (κ2) is 4.78. The first-order valence-electron chi connectivity index (χ1n) is 6.25. The predicted molar refractivity (Wildman–Crippen MR) is 70.3 cm³/mol. The van der Waals surface area contributed by atoms with Gasteiger partial charge in [0.25, 0.3) is 5.91 Å². The molecule has 0 aliphatic heterocycles. The van der Waals surface area contributed by atoms with E-state index in [1.807, 2.05) is 31.3 Å². The Morgan fingerprint density at radius 2 is 1.94 bits per heavy atom. The van der Waals surface area contributed by atoms with E-state index in [4.69, 9.17) is 0 Å². The molecule has 0 saturated heterocycles. The van der Waals surface area contributed by atoms with E-state index in [2.05, 4.69) is 17.6 Å². The van der Waals surface area contributed by atoms with Gasteiger partial charge in [-0.2, -0.15) is 0 Å². The summed E-state index contributed by atoms with van der Waals surface area (Å²) in [5, 5.41) is 6.07. The first-order valence-corrected chi connectivity index (χ1v) is 6.25. The summed E-state index contributed by atoms with van der Waals surface area (Å²) in [7, 11) is 1.87. The van der Waals surface area contributed by atoms with Crippen LogP contribution in [0.15, 0.2) is 24.3 Å². The van der Waals surface area contributed by atoms with Gasteiger partial charge in [0.2, 0.25) is 0 Å². The smallest absolute Gasteiger partial charge is 0.251 e. The minimum Gasteiger partial charge on any atom is -0.388 e. The summed E-state index contributed by atoms with van der Waals surface area (Å²) in [6.45, 7) is 3.01. The van der Waals surface area contributed by atoms with Crippen LogP contribution in [0.2, 0.25) is 0 Å². The molecular formula is C14H20N2O. The number of amides is 1. The number of hydrogen-bond acceptors (Lipinski definition) is 2. The van der Waals surface area contributed by atoms with Crippen molar-refractivity contribution in [3.63, 3.8) is 0 Å². The standard InChI is InChI=1S/C14H20N2O/c1-3-14(8-9-14)10-16-13(17)11-4-6-12(15-2)7-5-11/h4-7,15H,3,8-10H2,1-2H3,(H,16,17). The van der Waals surface area contributed by atoms with E-state index in [0.717, 1.165) is 24.2 Å². The van der Waals surface area contributed by atoms with E-state index in [-0.39, 0.29) is 5.91 Å². The average molecular weight is 232 g/mol. The number of nitrogens with one attached hydrogen (secondary N) is 2. The predicted octanol–water partition coefficient (Wildman–Crippen LogP) is 2.65. The largest absolute Gasteiger partial charge is 0.388 e. The normalized spacial score (nSPS) is 16.4. The van der Waals surface area contributed by atoms with Crippen molar-refractivity contribution in [1.82, 2.24) is 5.32 Å². The molecule has 2 N–H and O–H groups in total. The van der Waals surface area contributed by atoms with Gasteiger partial charge in [0.05, 0.1) is 0 Å². The van der Waals surface area contributed by atoms with Gasteiger partial charge in [0.1, 0.15) is 0 Å². The Morgan fingerprint density at radius 1 is 1.29 bits per heavy atom. The average Bonchev–Trinajstić information content (AvgIpc) is 3.17. The Kier molecular flexibility index (Phi) is 3.36. The van der Waals surface area contributed by atoms with Gasteiger partial charge in [-0.15, -0.1) is 0 Å². The number of carbonyl (C=O) groups excluding carboxylic acids is 1. The maximum Gasteiger partial charge on any atom is 0.251 e. The Balaban J connectivity index is 1.90. The molecule has 1 aromatic carbocycles. The molecule has 1 aliphatic carbocycles. The fourth-order valence-corrected chi connectivity index (χ4v) is 1.99. The quantitative estimate of drug-likeness (QED) is 0.819. The van der Waals surface area contributed by atoms with E-state index in [1.54, 1.807) is 0 Å². The van der Waals surface area contributed by atoms with E-state index >= 15 is 0 Å². The Labute approximate surface area is 103 Å². The van der Waals surface area contributed by atoms with E-state index < -0.39 is 0 Å². The zero-order chi connectivity index (χ0) is 12.3. The third-order valence-electron chi connectivity index (χ3n) is 3.77. The topological polar surface area (TPSA) is 41.1 Å². The number of rotatable bonds is 5. The lowest BCUT2D eigenvalue weighted by Gasteiger charge is -2.13. The van der Waals surface area contributed by atoms with Crippen LogP contribution in [0.5, 0.6) is 0 Å². The van der Waals surface area contributed by atoms with E-state index in [0.29, 0.717) is 5.41 Å². The molecule has 0 aromatic heterocycles. The molecule has 3 nitrogen and oxygen atoms in total.